The molecule has 0 saturated carbocycles. The maximum Gasteiger partial charge on any atom is 0.313 e. The highest BCUT2D eigenvalue weighted by atomic mass is 35.5. The molecule has 2 N–H and O–H groups in total. The summed E-state index contributed by atoms with van der Waals surface area (Å²) in [5.41, 5.74) is 5.44. The Labute approximate surface area is 109 Å². The molecule has 1 aliphatic rings. The Morgan fingerprint density at radius 2 is 2.50 bits per heavy atom. The summed E-state index contributed by atoms with van der Waals surface area (Å²) in [6.07, 6.45) is 1.27. The van der Waals surface area contributed by atoms with Crippen molar-refractivity contribution < 1.29 is 9.66 Å². The molecule has 1 fully saturated rings. The van der Waals surface area contributed by atoms with Crippen LogP contribution in [-0.2, 0) is 4.74 Å². The van der Waals surface area contributed by atoms with Gasteiger partial charge in [-0.15, -0.1) is 0 Å². The lowest BCUT2D eigenvalue weighted by Crippen LogP contribution is -2.46. The minimum Gasteiger partial charge on any atom is -0.373 e. The van der Waals surface area contributed by atoms with Gasteiger partial charge in [0.15, 0.2) is 0 Å². The van der Waals surface area contributed by atoms with Crippen LogP contribution in [0.5, 0.6) is 0 Å². The third kappa shape index (κ3) is 2.69. The second kappa shape index (κ2) is 5.47. The van der Waals surface area contributed by atoms with E-state index >= 15 is 0 Å². The molecule has 1 aliphatic heterocycles. The summed E-state index contributed by atoms with van der Waals surface area (Å²) in [6.45, 7) is 1.89. The molecule has 0 spiro atoms. The van der Waals surface area contributed by atoms with Gasteiger partial charge in [0.2, 0.25) is 5.82 Å². The first-order valence-corrected chi connectivity index (χ1v) is 5.86. The molecule has 1 unspecified atom stereocenters. The van der Waals surface area contributed by atoms with Gasteiger partial charge in [-0.25, -0.2) is 4.98 Å². The quantitative estimate of drug-likeness (QED) is 0.646. The van der Waals surface area contributed by atoms with Crippen molar-refractivity contribution in [2.75, 3.05) is 31.1 Å². The van der Waals surface area contributed by atoms with E-state index in [9.17, 15) is 10.1 Å². The van der Waals surface area contributed by atoms with Crippen LogP contribution >= 0.6 is 11.6 Å². The lowest BCUT2D eigenvalue weighted by molar-refractivity contribution is -0.384. The van der Waals surface area contributed by atoms with Crippen molar-refractivity contribution in [3.05, 3.63) is 27.4 Å². The van der Waals surface area contributed by atoms with E-state index in [1.807, 2.05) is 0 Å². The highest BCUT2D eigenvalue weighted by Crippen LogP contribution is 2.29. The molecule has 1 atom stereocenters. The Bertz CT molecular complexity index is 457. The lowest BCUT2D eigenvalue weighted by atomic mass is 10.2. The second-order valence-electron chi connectivity index (χ2n) is 3.93. The van der Waals surface area contributed by atoms with Crippen LogP contribution in [0.15, 0.2) is 12.3 Å². The highest BCUT2D eigenvalue weighted by Gasteiger charge is 2.26. The Morgan fingerprint density at radius 1 is 1.72 bits per heavy atom. The summed E-state index contributed by atoms with van der Waals surface area (Å²) in [7, 11) is 0. The van der Waals surface area contributed by atoms with Crippen LogP contribution in [-0.4, -0.2) is 42.3 Å². The fourth-order valence-corrected chi connectivity index (χ4v) is 2.01. The maximum atomic E-state index is 11.0. The molecule has 18 heavy (non-hydrogen) atoms. The van der Waals surface area contributed by atoms with Crippen LogP contribution in [0.2, 0.25) is 5.02 Å². The number of morpholine rings is 1. The zero-order chi connectivity index (χ0) is 13.1. The van der Waals surface area contributed by atoms with Crippen molar-refractivity contribution in [2.24, 2.45) is 5.73 Å². The van der Waals surface area contributed by atoms with Gasteiger partial charge in [0.25, 0.3) is 0 Å². The summed E-state index contributed by atoms with van der Waals surface area (Å²) in [5, 5.41) is 11.2. The molecule has 1 aromatic heterocycles. The Morgan fingerprint density at radius 3 is 3.17 bits per heavy atom. The third-order valence-electron chi connectivity index (χ3n) is 2.71. The Hall–Kier alpha value is -1.44. The number of ether oxygens (including phenoxy) is 1. The number of nitrogens with zero attached hydrogens (tertiary/aromatic N) is 3. The number of nitrogens with two attached hydrogens (primary N) is 1. The number of aromatic nitrogens is 1. The van der Waals surface area contributed by atoms with Gasteiger partial charge in [-0.05, 0) is 0 Å². The van der Waals surface area contributed by atoms with Crippen LogP contribution in [0.1, 0.15) is 0 Å². The maximum absolute atomic E-state index is 11.0. The van der Waals surface area contributed by atoms with Crippen LogP contribution in [0.4, 0.5) is 11.5 Å². The van der Waals surface area contributed by atoms with Crippen molar-refractivity contribution in [1.82, 2.24) is 4.98 Å². The van der Waals surface area contributed by atoms with Gasteiger partial charge >= 0.3 is 5.69 Å². The van der Waals surface area contributed by atoms with Gasteiger partial charge in [-0.3, -0.25) is 10.1 Å². The number of hydrogen-bond donors (Lipinski definition) is 1. The molecule has 1 aromatic rings. The van der Waals surface area contributed by atoms with Gasteiger partial charge in [-0.1, -0.05) is 11.6 Å². The molecular weight excluding hydrogens is 260 g/mol. The molecule has 8 heteroatoms. The Balaban J connectivity index is 2.29. The van der Waals surface area contributed by atoms with Crippen molar-refractivity contribution >= 4 is 23.1 Å². The first-order chi connectivity index (χ1) is 8.61. The standard InChI is InChI=1S/C10H13ClN4O3/c11-7-3-9(15(16)17)10(13-5-7)14-1-2-18-8(4-12)6-14/h3,5,8H,1-2,4,6,12H2. The van der Waals surface area contributed by atoms with E-state index in [4.69, 9.17) is 22.1 Å². The molecular formula is C10H13ClN4O3. The molecule has 2 heterocycles. The number of hydrogen-bond acceptors (Lipinski definition) is 6. The van der Waals surface area contributed by atoms with Crippen molar-refractivity contribution in [3.8, 4) is 0 Å². The smallest absolute Gasteiger partial charge is 0.313 e. The summed E-state index contributed by atoms with van der Waals surface area (Å²) in [6, 6.07) is 1.30. The zero-order valence-corrected chi connectivity index (χ0v) is 10.3. The van der Waals surface area contributed by atoms with Crippen LogP contribution in [0.3, 0.4) is 0 Å². The normalized spacial score (nSPS) is 19.9. The Kier molecular flexibility index (Phi) is 3.95. The summed E-state index contributed by atoms with van der Waals surface area (Å²) >= 11 is 5.73. The molecule has 98 valence electrons. The van der Waals surface area contributed by atoms with Crippen LogP contribution in [0, 0.1) is 10.1 Å². The number of rotatable bonds is 3. The molecule has 1 saturated heterocycles. The summed E-state index contributed by atoms with van der Waals surface area (Å²) < 4.78 is 5.41. The van der Waals surface area contributed by atoms with E-state index in [1.165, 1.54) is 12.3 Å². The number of nitro groups is 1. The zero-order valence-electron chi connectivity index (χ0n) is 9.58. The largest absolute Gasteiger partial charge is 0.373 e. The van der Waals surface area contributed by atoms with E-state index in [0.717, 1.165) is 0 Å². The fraction of sp³-hybridized carbons (Fsp3) is 0.500. The van der Waals surface area contributed by atoms with Gasteiger partial charge in [0, 0.05) is 31.9 Å². The molecule has 0 amide bonds. The first-order valence-electron chi connectivity index (χ1n) is 5.48. The SMILES string of the molecule is NCC1CN(c2ncc(Cl)cc2[N+](=O)[O-])CCO1. The second-order valence-corrected chi connectivity index (χ2v) is 4.36. The number of pyridine rings is 1. The van der Waals surface area contributed by atoms with Gasteiger partial charge < -0.3 is 15.4 Å². The molecule has 0 aromatic carbocycles. The lowest BCUT2D eigenvalue weighted by Gasteiger charge is -2.32. The first kappa shape index (κ1) is 13.0. The van der Waals surface area contributed by atoms with Gasteiger partial charge in [0.05, 0.1) is 22.7 Å². The molecule has 2 rings (SSSR count). The fourth-order valence-electron chi connectivity index (χ4n) is 1.85. The van der Waals surface area contributed by atoms with Gasteiger partial charge in [-0.2, -0.15) is 0 Å². The topological polar surface area (TPSA) is 94.5 Å². The molecule has 0 bridgehead atoms. The monoisotopic (exact) mass is 272 g/mol. The van der Waals surface area contributed by atoms with Crippen LogP contribution < -0.4 is 10.6 Å². The predicted molar refractivity (Wildman–Crippen MR) is 66.9 cm³/mol. The third-order valence-corrected chi connectivity index (χ3v) is 2.92. The summed E-state index contributed by atoms with van der Waals surface area (Å²) in [4.78, 5) is 16.4. The minimum absolute atomic E-state index is 0.0971. The van der Waals surface area contributed by atoms with E-state index in [2.05, 4.69) is 4.98 Å². The van der Waals surface area contributed by atoms with E-state index < -0.39 is 4.92 Å². The highest BCUT2D eigenvalue weighted by molar-refractivity contribution is 6.30. The average molecular weight is 273 g/mol. The predicted octanol–water partition coefficient (Wildman–Crippen LogP) is 0.807. The molecule has 0 aliphatic carbocycles. The number of anilines is 1. The van der Waals surface area contributed by atoms with Crippen LogP contribution in [0.25, 0.3) is 0 Å². The average Bonchev–Trinajstić information content (AvgIpc) is 2.38. The van der Waals surface area contributed by atoms with Gasteiger partial charge in [0.1, 0.15) is 0 Å². The molecule has 0 radical (unpaired) electrons. The van der Waals surface area contributed by atoms with E-state index in [-0.39, 0.29) is 16.8 Å². The molecule has 7 nitrogen and oxygen atoms in total. The summed E-state index contributed by atoms with van der Waals surface area (Å²) in [5.74, 6) is 0.311. The van der Waals surface area contributed by atoms with Crippen molar-refractivity contribution in [1.29, 1.82) is 0 Å². The van der Waals surface area contributed by atoms with E-state index in [1.54, 1.807) is 4.90 Å². The van der Waals surface area contributed by atoms with Crippen molar-refractivity contribution in [3.63, 3.8) is 0 Å². The minimum atomic E-state index is -0.485. The van der Waals surface area contributed by atoms with Crippen molar-refractivity contribution in [2.45, 2.75) is 6.10 Å². The number of halogens is 1. The van der Waals surface area contributed by atoms with E-state index in [0.29, 0.717) is 32.1 Å².